The van der Waals surface area contributed by atoms with Crippen LogP contribution in [-0.2, 0) is 0 Å². The minimum Gasteiger partial charge on any atom is -0.497 e. The second-order valence-corrected chi connectivity index (χ2v) is 4.47. The molecule has 0 saturated carbocycles. The van der Waals surface area contributed by atoms with Crippen LogP contribution in [-0.4, -0.2) is 17.9 Å². The highest BCUT2D eigenvalue weighted by Gasteiger charge is 2.10. The molecule has 0 aliphatic heterocycles. The predicted molar refractivity (Wildman–Crippen MR) is 78.2 cm³/mol. The van der Waals surface area contributed by atoms with Gasteiger partial charge in [-0.1, -0.05) is 18.2 Å². The normalized spacial score (nSPS) is 10.4. The van der Waals surface area contributed by atoms with E-state index >= 15 is 0 Å². The Balaban J connectivity index is 1.98. The molecule has 3 nitrogen and oxygen atoms in total. The van der Waals surface area contributed by atoms with Crippen molar-refractivity contribution in [2.75, 3.05) is 7.11 Å². The summed E-state index contributed by atoms with van der Waals surface area (Å²) in [5.41, 5.74) is 2.11. The fourth-order valence-corrected chi connectivity index (χ4v) is 2.10. The van der Waals surface area contributed by atoms with Crippen molar-refractivity contribution in [3.05, 3.63) is 71.9 Å². The lowest BCUT2D eigenvalue weighted by molar-refractivity contribution is 0.103. The van der Waals surface area contributed by atoms with Gasteiger partial charge in [-0.25, -0.2) is 0 Å². The molecule has 0 unspecified atom stereocenters. The molecule has 3 aromatic rings. The Kier molecular flexibility index (Phi) is 3.17. The van der Waals surface area contributed by atoms with E-state index in [1.807, 2.05) is 30.3 Å². The van der Waals surface area contributed by atoms with Crippen LogP contribution in [0.25, 0.3) is 10.9 Å². The Bertz CT molecular complexity index is 763. The van der Waals surface area contributed by atoms with E-state index in [-0.39, 0.29) is 5.78 Å². The fraction of sp³-hybridized carbons (Fsp3) is 0.0588. The number of carbonyl (C=O) groups excluding carboxylic acids is 1. The molecule has 3 rings (SSSR count). The SMILES string of the molecule is COc1ccc(C(=O)c2cnc3ccccc3c2)cc1. The first kappa shape index (κ1) is 12.4. The molecule has 2 aromatic carbocycles. The van der Waals surface area contributed by atoms with Gasteiger partial charge in [-0.05, 0) is 36.4 Å². The molecule has 98 valence electrons. The van der Waals surface area contributed by atoms with Gasteiger partial charge in [-0.3, -0.25) is 9.78 Å². The lowest BCUT2D eigenvalue weighted by Crippen LogP contribution is -2.02. The summed E-state index contributed by atoms with van der Waals surface area (Å²) in [4.78, 5) is 16.7. The Morgan fingerprint density at radius 3 is 2.50 bits per heavy atom. The summed E-state index contributed by atoms with van der Waals surface area (Å²) in [5.74, 6) is 0.698. The molecule has 0 fully saturated rings. The second kappa shape index (κ2) is 5.13. The molecule has 3 heteroatoms. The molecular formula is C17H13NO2. The highest BCUT2D eigenvalue weighted by atomic mass is 16.5. The average molecular weight is 263 g/mol. The Morgan fingerprint density at radius 2 is 1.75 bits per heavy atom. The summed E-state index contributed by atoms with van der Waals surface area (Å²) in [6.45, 7) is 0. The Labute approximate surface area is 116 Å². The van der Waals surface area contributed by atoms with Gasteiger partial charge in [0.05, 0.1) is 12.6 Å². The van der Waals surface area contributed by atoms with Crippen LogP contribution in [0.3, 0.4) is 0 Å². The van der Waals surface area contributed by atoms with Crippen LogP contribution in [0, 0.1) is 0 Å². The molecule has 0 amide bonds. The Morgan fingerprint density at radius 1 is 1.00 bits per heavy atom. The van der Waals surface area contributed by atoms with Crippen LogP contribution >= 0.6 is 0 Å². The monoisotopic (exact) mass is 263 g/mol. The van der Waals surface area contributed by atoms with Crippen molar-refractivity contribution in [1.29, 1.82) is 0 Å². The molecular weight excluding hydrogens is 250 g/mol. The van der Waals surface area contributed by atoms with Crippen molar-refractivity contribution in [2.24, 2.45) is 0 Å². The van der Waals surface area contributed by atoms with Crippen molar-refractivity contribution in [1.82, 2.24) is 4.98 Å². The smallest absolute Gasteiger partial charge is 0.194 e. The summed E-state index contributed by atoms with van der Waals surface area (Å²) in [6, 6.07) is 16.7. The highest BCUT2D eigenvalue weighted by molar-refractivity contribution is 6.10. The van der Waals surface area contributed by atoms with Crippen molar-refractivity contribution in [3.63, 3.8) is 0 Å². The molecule has 0 bridgehead atoms. The lowest BCUT2D eigenvalue weighted by atomic mass is 10.0. The van der Waals surface area contributed by atoms with Gasteiger partial charge in [0.1, 0.15) is 5.75 Å². The zero-order chi connectivity index (χ0) is 13.9. The summed E-state index contributed by atoms with van der Waals surface area (Å²) < 4.78 is 5.09. The number of ketones is 1. The van der Waals surface area contributed by atoms with Gasteiger partial charge in [0.2, 0.25) is 0 Å². The van der Waals surface area contributed by atoms with Crippen molar-refractivity contribution >= 4 is 16.7 Å². The predicted octanol–water partition coefficient (Wildman–Crippen LogP) is 3.47. The number of ether oxygens (including phenoxy) is 1. The largest absolute Gasteiger partial charge is 0.497 e. The Hall–Kier alpha value is -2.68. The van der Waals surface area contributed by atoms with E-state index < -0.39 is 0 Å². The van der Waals surface area contributed by atoms with Crippen LogP contribution in [0.1, 0.15) is 15.9 Å². The molecule has 0 atom stereocenters. The number of nitrogens with zero attached hydrogens (tertiary/aromatic N) is 1. The van der Waals surface area contributed by atoms with Crippen LogP contribution < -0.4 is 4.74 Å². The first-order valence-corrected chi connectivity index (χ1v) is 6.31. The molecule has 0 N–H and O–H groups in total. The summed E-state index contributed by atoms with van der Waals surface area (Å²) in [5, 5.41) is 0.965. The standard InChI is InChI=1S/C17H13NO2/c1-20-15-8-6-12(7-9-15)17(19)14-10-13-4-2-3-5-16(13)18-11-14/h2-11H,1H3. The van der Waals surface area contributed by atoms with Crippen LogP contribution in [0.4, 0.5) is 0 Å². The minimum atomic E-state index is -0.0362. The second-order valence-electron chi connectivity index (χ2n) is 4.47. The quantitative estimate of drug-likeness (QED) is 0.679. The van der Waals surface area contributed by atoms with Gasteiger partial charge in [-0.2, -0.15) is 0 Å². The molecule has 1 heterocycles. The van der Waals surface area contributed by atoms with E-state index in [2.05, 4.69) is 4.98 Å². The molecule has 0 aliphatic rings. The maximum Gasteiger partial charge on any atom is 0.194 e. The van der Waals surface area contributed by atoms with E-state index in [1.165, 1.54) is 0 Å². The number of rotatable bonds is 3. The third-order valence-corrected chi connectivity index (χ3v) is 3.20. The molecule has 0 spiro atoms. The van der Waals surface area contributed by atoms with Crippen LogP contribution in [0.2, 0.25) is 0 Å². The van der Waals surface area contributed by atoms with Gasteiger partial charge >= 0.3 is 0 Å². The van der Waals surface area contributed by atoms with E-state index in [9.17, 15) is 4.79 Å². The number of pyridine rings is 1. The molecule has 0 saturated heterocycles. The zero-order valence-electron chi connectivity index (χ0n) is 11.0. The average Bonchev–Trinajstić information content (AvgIpc) is 2.54. The minimum absolute atomic E-state index is 0.0362. The summed E-state index contributed by atoms with van der Waals surface area (Å²) >= 11 is 0. The summed E-state index contributed by atoms with van der Waals surface area (Å²) in [7, 11) is 1.60. The fourth-order valence-electron chi connectivity index (χ4n) is 2.10. The van der Waals surface area contributed by atoms with Gasteiger partial charge in [0, 0.05) is 22.7 Å². The van der Waals surface area contributed by atoms with Crippen LogP contribution in [0.15, 0.2) is 60.8 Å². The highest BCUT2D eigenvalue weighted by Crippen LogP contribution is 2.17. The third kappa shape index (κ3) is 2.26. The number of carbonyl (C=O) groups is 1. The maximum atomic E-state index is 12.4. The zero-order valence-corrected chi connectivity index (χ0v) is 11.0. The number of hydrogen-bond donors (Lipinski definition) is 0. The topological polar surface area (TPSA) is 39.2 Å². The number of benzene rings is 2. The number of hydrogen-bond acceptors (Lipinski definition) is 3. The maximum absolute atomic E-state index is 12.4. The number of para-hydroxylation sites is 1. The van der Waals surface area contributed by atoms with Crippen molar-refractivity contribution in [2.45, 2.75) is 0 Å². The lowest BCUT2D eigenvalue weighted by Gasteiger charge is -2.04. The molecule has 20 heavy (non-hydrogen) atoms. The first-order chi connectivity index (χ1) is 9.78. The van der Waals surface area contributed by atoms with Gasteiger partial charge in [-0.15, -0.1) is 0 Å². The van der Waals surface area contributed by atoms with Gasteiger partial charge < -0.3 is 4.74 Å². The first-order valence-electron chi connectivity index (χ1n) is 6.31. The third-order valence-electron chi connectivity index (χ3n) is 3.20. The van der Waals surface area contributed by atoms with E-state index in [0.717, 1.165) is 16.7 Å². The number of aromatic nitrogens is 1. The molecule has 0 radical (unpaired) electrons. The van der Waals surface area contributed by atoms with Crippen LogP contribution in [0.5, 0.6) is 5.75 Å². The van der Waals surface area contributed by atoms with Crippen molar-refractivity contribution < 1.29 is 9.53 Å². The van der Waals surface area contributed by atoms with E-state index in [0.29, 0.717) is 11.1 Å². The van der Waals surface area contributed by atoms with Gasteiger partial charge in [0.15, 0.2) is 5.78 Å². The van der Waals surface area contributed by atoms with Gasteiger partial charge in [0.25, 0.3) is 0 Å². The van der Waals surface area contributed by atoms with E-state index in [1.54, 1.807) is 37.6 Å². The molecule has 1 aromatic heterocycles. The van der Waals surface area contributed by atoms with E-state index in [4.69, 9.17) is 4.74 Å². The summed E-state index contributed by atoms with van der Waals surface area (Å²) in [6.07, 6.45) is 1.62. The molecule has 0 aliphatic carbocycles. The number of methoxy groups -OCH3 is 1. The number of fused-ring (bicyclic) bond motifs is 1. The van der Waals surface area contributed by atoms with Crippen molar-refractivity contribution in [3.8, 4) is 5.75 Å².